The Morgan fingerprint density at radius 1 is 1.28 bits per heavy atom. The fraction of sp³-hybridized carbons (Fsp3) is 0.600. The molecule has 1 aromatic carbocycles. The van der Waals surface area contributed by atoms with Gasteiger partial charge in [0.2, 0.25) is 0 Å². The van der Waals surface area contributed by atoms with Crippen molar-refractivity contribution in [2.45, 2.75) is 44.4 Å². The third-order valence-corrected chi connectivity index (χ3v) is 4.98. The van der Waals surface area contributed by atoms with Gasteiger partial charge in [0.05, 0.1) is 10.0 Å². The lowest BCUT2D eigenvalue weighted by Crippen LogP contribution is -2.36. The first kappa shape index (κ1) is 14.2. The summed E-state index contributed by atoms with van der Waals surface area (Å²) in [6.07, 6.45) is 6.15. The molecule has 1 saturated carbocycles. The molecule has 2 N–H and O–H groups in total. The van der Waals surface area contributed by atoms with Gasteiger partial charge < -0.3 is 5.73 Å². The van der Waals surface area contributed by atoms with Gasteiger partial charge in [-0.05, 0) is 61.3 Å². The first-order valence-corrected chi connectivity index (χ1v) is 7.48. The molecule has 1 aromatic rings. The lowest BCUT2D eigenvalue weighted by molar-refractivity contribution is 0.191. The average molecular weight is 286 g/mol. The van der Waals surface area contributed by atoms with Crippen molar-refractivity contribution in [2.24, 2.45) is 11.7 Å². The summed E-state index contributed by atoms with van der Waals surface area (Å²) in [5.41, 5.74) is 7.33. The van der Waals surface area contributed by atoms with Crippen molar-refractivity contribution in [2.75, 3.05) is 6.54 Å². The van der Waals surface area contributed by atoms with Gasteiger partial charge >= 0.3 is 0 Å². The predicted molar refractivity (Wildman–Crippen MR) is 79.4 cm³/mol. The largest absolute Gasteiger partial charge is 0.330 e. The highest BCUT2D eigenvalue weighted by atomic mass is 35.5. The van der Waals surface area contributed by atoms with E-state index in [4.69, 9.17) is 28.9 Å². The minimum Gasteiger partial charge on any atom is -0.330 e. The minimum atomic E-state index is 0.322. The summed E-state index contributed by atoms with van der Waals surface area (Å²) >= 11 is 12.1. The van der Waals surface area contributed by atoms with Crippen LogP contribution in [0.3, 0.4) is 0 Å². The summed E-state index contributed by atoms with van der Waals surface area (Å²) < 4.78 is 0. The molecule has 18 heavy (non-hydrogen) atoms. The van der Waals surface area contributed by atoms with Crippen LogP contribution in [0.1, 0.15) is 44.6 Å². The Kier molecular flexibility index (Phi) is 4.58. The molecule has 2 rings (SSSR count). The molecular weight excluding hydrogens is 265 g/mol. The maximum atomic E-state index is 6.15. The van der Waals surface area contributed by atoms with Crippen molar-refractivity contribution in [1.29, 1.82) is 0 Å². The van der Waals surface area contributed by atoms with E-state index >= 15 is 0 Å². The SMILES string of the molecule is CC(CCN)CC1(c2ccc(Cl)c(Cl)c2)CCC1. The molecule has 100 valence electrons. The third kappa shape index (κ3) is 2.84. The second-order valence-corrected chi connectivity index (χ2v) is 6.46. The molecule has 0 amide bonds. The molecule has 1 aliphatic carbocycles. The van der Waals surface area contributed by atoms with E-state index in [1.54, 1.807) is 0 Å². The first-order chi connectivity index (χ1) is 8.57. The molecule has 0 aliphatic heterocycles. The molecule has 0 heterocycles. The van der Waals surface area contributed by atoms with E-state index < -0.39 is 0 Å². The minimum absolute atomic E-state index is 0.322. The molecule has 1 unspecified atom stereocenters. The van der Waals surface area contributed by atoms with Gasteiger partial charge in [-0.2, -0.15) is 0 Å². The molecule has 0 radical (unpaired) electrons. The highest BCUT2D eigenvalue weighted by Crippen LogP contribution is 2.49. The number of rotatable bonds is 5. The van der Waals surface area contributed by atoms with Crippen molar-refractivity contribution in [3.05, 3.63) is 33.8 Å². The van der Waals surface area contributed by atoms with Gasteiger partial charge in [0, 0.05) is 0 Å². The van der Waals surface area contributed by atoms with Gasteiger partial charge in [0.1, 0.15) is 0 Å². The molecule has 0 saturated heterocycles. The summed E-state index contributed by atoms with van der Waals surface area (Å²) in [5, 5.41) is 1.32. The summed E-state index contributed by atoms with van der Waals surface area (Å²) in [7, 11) is 0. The monoisotopic (exact) mass is 285 g/mol. The summed E-state index contributed by atoms with van der Waals surface area (Å²) in [6, 6.07) is 6.12. The number of halogens is 2. The average Bonchev–Trinajstić information content (AvgIpc) is 2.28. The molecule has 0 bridgehead atoms. The lowest BCUT2D eigenvalue weighted by Gasteiger charge is -2.44. The van der Waals surface area contributed by atoms with Crippen LogP contribution < -0.4 is 5.73 Å². The normalized spacial score (nSPS) is 19.3. The van der Waals surface area contributed by atoms with E-state index in [-0.39, 0.29) is 0 Å². The molecular formula is C15H21Cl2N. The predicted octanol–water partition coefficient (Wildman–Crippen LogP) is 4.79. The fourth-order valence-corrected chi connectivity index (χ4v) is 3.39. The smallest absolute Gasteiger partial charge is 0.0595 e. The summed E-state index contributed by atoms with van der Waals surface area (Å²) in [6.45, 7) is 3.07. The standard InChI is InChI=1S/C15H21Cl2N/c1-11(5-8-18)10-15(6-2-7-15)12-3-4-13(16)14(17)9-12/h3-4,9,11H,2,5-8,10,18H2,1H3. The van der Waals surface area contributed by atoms with Gasteiger partial charge in [-0.25, -0.2) is 0 Å². The van der Waals surface area contributed by atoms with E-state index in [2.05, 4.69) is 19.1 Å². The zero-order valence-electron chi connectivity index (χ0n) is 10.9. The molecule has 1 atom stereocenters. The van der Waals surface area contributed by atoms with E-state index in [9.17, 15) is 0 Å². The third-order valence-electron chi connectivity index (χ3n) is 4.24. The van der Waals surface area contributed by atoms with Crippen LogP contribution in [0.25, 0.3) is 0 Å². The molecule has 1 aliphatic rings. The number of hydrogen-bond donors (Lipinski definition) is 1. The van der Waals surface area contributed by atoms with Gasteiger partial charge in [0.15, 0.2) is 0 Å². The van der Waals surface area contributed by atoms with Gasteiger partial charge in [-0.3, -0.25) is 0 Å². The number of benzene rings is 1. The van der Waals surface area contributed by atoms with Crippen LogP contribution in [0, 0.1) is 5.92 Å². The van der Waals surface area contributed by atoms with Crippen LogP contribution >= 0.6 is 23.2 Å². The van der Waals surface area contributed by atoms with Crippen LogP contribution in [0.5, 0.6) is 0 Å². The Morgan fingerprint density at radius 3 is 2.50 bits per heavy atom. The molecule has 1 fully saturated rings. The molecule has 1 nitrogen and oxygen atoms in total. The Labute approximate surface area is 120 Å². The first-order valence-electron chi connectivity index (χ1n) is 6.73. The van der Waals surface area contributed by atoms with E-state index in [0.29, 0.717) is 21.4 Å². The van der Waals surface area contributed by atoms with Gasteiger partial charge in [-0.15, -0.1) is 0 Å². The number of nitrogens with two attached hydrogens (primary N) is 1. The van der Waals surface area contributed by atoms with Crippen molar-refractivity contribution >= 4 is 23.2 Å². The molecule has 0 spiro atoms. The van der Waals surface area contributed by atoms with Crippen molar-refractivity contribution in [3.8, 4) is 0 Å². The fourth-order valence-electron chi connectivity index (χ4n) is 3.09. The Bertz CT molecular complexity index is 413. The van der Waals surface area contributed by atoms with Crippen molar-refractivity contribution in [1.82, 2.24) is 0 Å². The van der Waals surface area contributed by atoms with E-state index in [1.807, 2.05) is 6.07 Å². The quantitative estimate of drug-likeness (QED) is 0.827. The van der Waals surface area contributed by atoms with Crippen LogP contribution in [-0.2, 0) is 5.41 Å². The molecule has 0 aromatic heterocycles. The van der Waals surface area contributed by atoms with Crippen LogP contribution in [0.2, 0.25) is 10.0 Å². The Morgan fingerprint density at radius 2 is 2.00 bits per heavy atom. The maximum Gasteiger partial charge on any atom is 0.0595 e. The topological polar surface area (TPSA) is 26.0 Å². The lowest BCUT2D eigenvalue weighted by atomic mass is 9.60. The zero-order valence-corrected chi connectivity index (χ0v) is 12.4. The van der Waals surface area contributed by atoms with Crippen molar-refractivity contribution in [3.63, 3.8) is 0 Å². The van der Waals surface area contributed by atoms with Crippen LogP contribution in [0.4, 0.5) is 0 Å². The maximum absolute atomic E-state index is 6.15. The second kappa shape index (κ2) is 5.81. The van der Waals surface area contributed by atoms with Crippen LogP contribution in [0.15, 0.2) is 18.2 Å². The van der Waals surface area contributed by atoms with E-state index in [0.717, 1.165) is 13.0 Å². The summed E-state index contributed by atoms with van der Waals surface area (Å²) in [4.78, 5) is 0. The van der Waals surface area contributed by atoms with Crippen molar-refractivity contribution < 1.29 is 0 Å². The zero-order chi connectivity index (χ0) is 13.2. The Hall–Kier alpha value is -0.240. The highest BCUT2D eigenvalue weighted by molar-refractivity contribution is 6.42. The Balaban J connectivity index is 2.18. The van der Waals surface area contributed by atoms with Crippen LogP contribution in [-0.4, -0.2) is 6.54 Å². The van der Waals surface area contributed by atoms with Gasteiger partial charge in [-0.1, -0.05) is 42.6 Å². The van der Waals surface area contributed by atoms with Gasteiger partial charge in [0.25, 0.3) is 0 Å². The highest BCUT2D eigenvalue weighted by Gasteiger charge is 2.39. The molecule has 3 heteroatoms. The summed E-state index contributed by atoms with van der Waals surface area (Å²) in [5.74, 6) is 0.671. The second-order valence-electron chi connectivity index (χ2n) is 5.65. The number of hydrogen-bond acceptors (Lipinski definition) is 1. The van der Waals surface area contributed by atoms with E-state index in [1.165, 1.54) is 31.2 Å².